The topological polar surface area (TPSA) is 131 Å². The highest BCUT2D eigenvalue weighted by Crippen LogP contribution is 2.22. The van der Waals surface area contributed by atoms with Crippen LogP contribution in [0.25, 0.3) is 0 Å². The van der Waals surface area contributed by atoms with E-state index in [0.29, 0.717) is 0 Å². The second-order valence-electron chi connectivity index (χ2n) is 7.13. The number of urea groups is 1. The van der Waals surface area contributed by atoms with E-state index in [2.05, 4.69) is 15.4 Å². The van der Waals surface area contributed by atoms with E-state index < -0.39 is 34.0 Å². The van der Waals surface area contributed by atoms with E-state index in [4.69, 9.17) is 4.74 Å². The molecule has 164 valence electrons. The molecule has 9 nitrogen and oxygen atoms in total. The number of amides is 3. The molecule has 0 aromatic heterocycles. The number of esters is 1. The molecule has 0 bridgehead atoms. The maximum absolute atomic E-state index is 12.2. The normalized spacial score (nSPS) is 14.4. The van der Waals surface area contributed by atoms with Gasteiger partial charge in [-0.05, 0) is 49.6 Å². The van der Waals surface area contributed by atoms with Crippen LogP contribution in [0, 0.1) is 0 Å². The number of nitrogens with one attached hydrogen (secondary N) is 3. The maximum Gasteiger partial charge on any atom is 0.338 e. The molecule has 1 fully saturated rings. The van der Waals surface area contributed by atoms with E-state index in [1.54, 1.807) is 0 Å². The molecule has 0 heterocycles. The lowest BCUT2D eigenvalue weighted by Gasteiger charge is -2.13. The van der Waals surface area contributed by atoms with E-state index in [-0.39, 0.29) is 23.0 Å². The van der Waals surface area contributed by atoms with Crippen LogP contribution >= 0.6 is 0 Å². The average molecular weight is 445 g/mol. The van der Waals surface area contributed by atoms with Crippen LogP contribution in [0.2, 0.25) is 0 Å². The summed E-state index contributed by atoms with van der Waals surface area (Å²) in [6, 6.07) is 13.6. The third-order valence-corrected chi connectivity index (χ3v) is 6.02. The van der Waals surface area contributed by atoms with Gasteiger partial charge < -0.3 is 10.1 Å². The highest BCUT2D eigenvalue weighted by molar-refractivity contribution is 7.89. The first-order valence-electron chi connectivity index (χ1n) is 9.70. The first-order valence-corrected chi connectivity index (χ1v) is 11.2. The predicted molar refractivity (Wildman–Crippen MR) is 111 cm³/mol. The quantitative estimate of drug-likeness (QED) is 0.530. The van der Waals surface area contributed by atoms with Crippen molar-refractivity contribution in [2.45, 2.75) is 43.4 Å². The van der Waals surface area contributed by atoms with Crippen molar-refractivity contribution in [3.05, 3.63) is 65.7 Å². The molecular formula is C21H23N3O6S. The van der Waals surface area contributed by atoms with Crippen LogP contribution in [0.3, 0.4) is 0 Å². The van der Waals surface area contributed by atoms with Gasteiger partial charge in [-0.25, -0.2) is 22.7 Å². The van der Waals surface area contributed by atoms with Crippen molar-refractivity contribution in [2.24, 2.45) is 0 Å². The largest absolute Gasteiger partial charge is 0.449 e. The number of rotatable bonds is 8. The summed E-state index contributed by atoms with van der Waals surface area (Å²) in [4.78, 5) is 36.2. The van der Waals surface area contributed by atoms with Crippen LogP contribution in [0.15, 0.2) is 59.5 Å². The Morgan fingerprint density at radius 3 is 2.29 bits per heavy atom. The van der Waals surface area contributed by atoms with E-state index in [9.17, 15) is 22.8 Å². The van der Waals surface area contributed by atoms with Gasteiger partial charge in [0.2, 0.25) is 10.0 Å². The van der Waals surface area contributed by atoms with Crippen molar-refractivity contribution < 1.29 is 27.5 Å². The molecule has 1 atom stereocenters. The molecule has 0 spiro atoms. The minimum atomic E-state index is -3.63. The Morgan fingerprint density at radius 2 is 1.68 bits per heavy atom. The molecular weight excluding hydrogens is 422 g/mol. The average Bonchev–Trinajstić information content (AvgIpc) is 3.56. The zero-order chi connectivity index (χ0) is 22.4. The summed E-state index contributed by atoms with van der Waals surface area (Å²) in [6.45, 7) is 1.56. The first kappa shape index (κ1) is 22.4. The lowest BCUT2D eigenvalue weighted by atomic mass is 10.2. The molecule has 1 aliphatic rings. The van der Waals surface area contributed by atoms with Gasteiger partial charge in [0.25, 0.3) is 5.91 Å². The van der Waals surface area contributed by atoms with Crippen LogP contribution in [0.1, 0.15) is 35.7 Å². The Balaban J connectivity index is 1.48. The van der Waals surface area contributed by atoms with Crippen LogP contribution in [0.5, 0.6) is 0 Å². The molecule has 0 radical (unpaired) electrons. The van der Waals surface area contributed by atoms with Gasteiger partial charge in [0.15, 0.2) is 6.10 Å². The fourth-order valence-electron chi connectivity index (χ4n) is 2.58. The molecule has 3 rings (SSSR count). The van der Waals surface area contributed by atoms with Gasteiger partial charge in [-0.2, -0.15) is 0 Å². The standard InChI is InChI=1S/C21H23N3O6S/c1-14(19(25)23-21(27)22-13-15-5-3-2-4-6-15)30-20(26)16-7-11-18(12-8-16)31(28,29)24-17-9-10-17/h2-8,11-12,14,17,24H,9-10,13H2,1H3,(H2,22,23,25,27). The molecule has 1 saturated carbocycles. The van der Waals surface area contributed by atoms with Crippen molar-refractivity contribution in [3.63, 3.8) is 0 Å². The summed E-state index contributed by atoms with van der Waals surface area (Å²) in [7, 11) is -3.63. The Morgan fingerprint density at radius 1 is 1.03 bits per heavy atom. The fraction of sp³-hybridized carbons (Fsp3) is 0.286. The molecule has 3 amide bonds. The van der Waals surface area contributed by atoms with Gasteiger partial charge in [-0.3, -0.25) is 10.1 Å². The maximum atomic E-state index is 12.2. The zero-order valence-corrected chi connectivity index (χ0v) is 17.6. The van der Waals surface area contributed by atoms with Crippen LogP contribution in [-0.4, -0.2) is 38.5 Å². The van der Waals surface area contributed by atoms with Gasteiger partial charge in [0, 0.05) is 12.6 Å². The van der Waals surface area contributed by atoms with Gasteiger partial charge in [0.1, 0.15) is 0 Å². The summed E-state index contributed by atoms with van der Waals surface area (Å²) in [6.07, 6.45) is 0.400. The third-order valence-electron chi connectivity index (χ3n) is 4.49. The summed E-state index contributed by atoms with van der Waals surface area (Å²) in [5.74, 6) is -1.60. The number of carbonyl (C=O) groups is 3. The highest BCUT2D eigenvalue weighted by atomic mass is 32.2. The molecule has 2 aromatic carbocycles. The molecule has 10 heteroatoms. The molecule has 1 aliphatic carbocycles. The molecule has 0 aliphatic heterocycles. The van der Waals surface area contributed by atoms with E-state index in [0.717, 1.165) is 18.4 Å². The minimum absolute atomic E-state index is 0.0288. The highest BCUT2D eigenvalue weighted by Gasteiger charge is 2.28. The number of hydrogen-bond acceptors (Lipinski definition) is 6. The smallest absolute Gasteiger partial charge is 0.338 e. The molecule has 3 N–H and O–H groups in total. The van der Waals surface area contributed by atoms with Crippen molar-refractivity contribution >= 4 is 27.9 Å². The van der Waals surface area contributed by atoms with Crippen molar-refractivity contribution in [2.75, 3.05) is 0 Å². The van der Waals surface area contributed by atoms with Gasteiger partial charge in [0.05, 0.1) is 10.5 Å². The van der Waals surface area contributed by atoms with Gasteiger partial charge in [-0.1, -0.05) is 30.3 Å². The summed E-state index contributed by atoms with van der Waals surface area (Å²) >= 11 is 0. The fourth-order valence-corrected chi connectivity index (χ4v) is 3.88. The molecule has 0 saturated heterocycles. The van der Waals surface area contributed by atoms with E-state index >= 15 is 0 Å². The van der Waals surface area contributed by atoms with Crippen molar-refractivity contribution in [3.8, 4) is 0 Å². The first-order chi connectivity index (χ1) is 14.7. The van der Waals surface area contributed by atoms with Crippen molar-refractivity contribution in [1.82, 2.24) is 15.4 Å². The number of sulfonamides is 1. The third kappa shape index (κ3) is 6.63. The van der Waals surface area contributed by atoms with Crippen LogP contribution in [0.4, 0.5) is 4.79 Å². The Kier molecular flexibility index (Phi) is 7.03. The predicted octanol–water partition coefficient (Wildman–Crippen LogP) is 1.70. The lowest BCUT2D eigenvalue weighted by Crippen LogP contribution is -2.44. The second kappa shape index (κ2) is 9.71. The van der Waals surface area contributed by atoms with Crippen molar-refractivity contribution in [1.29, 1.82) is 0 Å². The Bertz CT molecular complexity index is 1050. The van der Waals surface area contributed by atoms with Crippen LogP contribution < -0.4 is 15.4 Å². The number of hydrogen-bond donors (Lipinski definition) is 3. The zero-order valence-electron chi connectivity index (χ0n) is 16.8. The molecule has 1 unspecified atom stereocenters. The molecule has 31 heavy (non-hydrogen) atoms. The second-order valence-corrected chi connectivity index (χ2v) is 8.84. The Labute approximate surface area is 180 Å². The lowest BCUT2D eigenvalue weighted by molar-refractivity contribution is -0.127. The summed E-state index contributed by atoms with van der Waals surface area (Å²) in [5, 5.41) is 4.64. The number of carbonyl (C=O) groups excluding carboxylic acids is 3. The number of benzene rings is 2. The Hall–Kier alpha value is -3.24. The number of imide groups is 1. The minimum Gasteiger partial charge on any atom is -0.449 e. The summed E-state index contributed by atoms with van der Waals surface area (Å²) < 4.78 is 31.9. The van der Waals surface area contributed by atoms with Gasteiger partial charge in [-0.15, -0.1) is 0 Å². The molecule has 2 aromatic rings. The monoisotopic (exact) mass is 445 g/mol. The summed E-state index contributed by atoms with van der Waals surface area (Å²) in [5.41, 5.74) is 0.945. The number of ether oxygens (including phenoxy) is 1. The van der Waals surface area contributed by atoms with Crippen LogP contribution in [-0.2, 0) is 26.1 Å². The van der Waals surface area contributed by atoms with Gasteiger partial charge >= 0.3 is 12.0 Å². The SMILES string of the molecule is CC(OC(=O)c1ccc(S(=O)(=O)NC2CC2)cc1)C(=O)NC(=O)NCc1ccccc1. The van der Waals surface area contributed by atoms with E-state index in [1.165, 1.54) is 31.2 Å². The van der Waals surface area contributed by atoms with E-state index in [1.807, 2.05) is 30.3 Å².